The van der Waals surface area contributed by atoms with Crippen LogP contribution >= 0.6 is 0 Å². The molecule has 2 rings (SSSR count). The molecule has 1 fully saturated rings. The quantitative estimate of drug-likeness (QED) is 0.882. The molecule has 96 valence electrons. The molecule has 7 heteroatoms. The van der Waals surface area contributed by atoms with E-state index in [2.05, 4.69) is 10.3 Å². The van der Waals surface area contributed by atoms with E-state index in [1.54, 1.807) is 6.20 Å². The molecule has 0 amide bonds. The maximum Gasteiger partial charge on any atom is 0.390 e. The molecule has 1 aromatic rings. The predicted molar refractivity (Wildman–Crippen MR) is 54.5 cm³/mol. The van der Waals surface area contributed by atoms with Crippen LogP contribution in [0.2, 0.25) is 0 Å². The van der Waals surface area contributed by atoms with Gasteiger partial charge < -0.3 is 14.6 Å². The molecular formula is C10H14F3N3O. The van der Waals surface area contributed by atoms with Crippen LogP contribution in [0.3, 0.4) is 0 Å². The van der Waals surface area contributed by atoms with Gasteiger partial charge in [0.15, 0.2) is 0 Å². The minimum absolute atomic E-state index is 0.112. The molecule has 0 radical (unpaired) electrons. The number of aryl methyl sites for hydroxylation is 1. The second kappa shape index (κ2) is 5.05. The van der Waals surface area contributed by atoms with Gasteiger partial charge in [-0.2, -0.15) is 13.2 Å². The third-order valence-corrected chi connectivity index (χ3v) is 2.64. The number of hydrogen-bond donors (Lipinski definition) is 1. The molecule has 1 aliphatic heterocycles. The molecule has 1 aromatic heterocycles. The zero-order valence-corrected chi connectivity index (χ0v) is 9.20. The smallest absolute Gasteiger partial charge is 0.369 e. The van der Waals surface area contributed by atoms with Crippen molar-refractivity contribution in [3.8, 4) is 0 Å². The van der Waals surface area contributed by atoms with Crippen molar-refractivity contribution in [2.24, 2.45) is 0 Å². The lowest BCUT2D eigenvalue weighted by Gasteiger charge is -2.24. The van der Waals surface area contributed by atoms with Gasteiger partial charge in [0.2, 0.25) is 0 Å². The van der Waals surface area contributed by atoms with Gasteiger partial charge >= 0.3 is 6.18 Å². The Labute approximate surface area is 96.8 Å². The number of ether oxygens (including phenoxy) is 1. The normalized spacial score (nSPS) is 21.7. The summed E-state index contributed by atoms with van der Waals surface area (Å²) in [6.07, 6.45) is -2.23. The average Bonchev–Trinajstić information content (AvgIpc) is 2.75. The molecule has 4 nitrogen and oxygen atoms in total. The van der Waals surface area contributed by atoms with E-state index in [9.17, 15) is 13.2 Å². The van der Waals surface area contributed by atoms with Gasteiger partial charge in [-0.25, -0.2) is 4.98 Å². The van der Waals surface area contributed by atoms with Gasteiger partial charge in [-0.15, -0.1) is 0 Å². The number of alkyl halides is 3. The Bertz CT molecular complexity index is 358. The Hall–Kier alpha value is -1.08. The summed E-state index contributed by atoms with van der Waals surface area (Å²) < 4.78 is 43.4. The van der Waals surface area contributed by atoms with E-state index in [1.165, 1.54) is 10.9 Å². The van der Waals surface area contributed by atoms with E-state index in [4.69, 9.17) is 4.74 Å². The van der Waals surface area contributed by atoms with Crippen molar-refractivity contribution in [2.45, 2.75) is 25.2 Å². The maximum atomic E-state index is 12.1. The monoisotopic (exact) mass is 249 g/mol. The Morgan fingerprint density at radius 3 is 3.00 bits per heavy atom. The van der Waals surface area contributed by atoms with Gasteiger partial charge in [-0.1, -0.05) is 0 Å². The van der Waals surface area contributed by atoms with Crippen LogP contribution in [0.4, 0.5) is 13.2 Å². The third-order valence-electron chi connectivity index (χ3n) is 2.64. The Balaban J connectivity index is 2.00. The number of aromatic nitrogens is 2. The van der Waals surface area contributed by atoms with Crippen molar-refractivity contribution in [3.63, 3.8) is 0 Å². The predicted octanol–water partition coefficient (Wildman–Crippen LogP) is 1.50. The second-order valence-corrected chi connectivity index (χ2v) is 3.94. The van der Waals surface area contributed by atoms with Crippen LogP contribution in [0.5, 0.6) is 0 Å². The molecule has 1 unspecified atom stereocenters. The van der Waals surface area contributed by atoms with E-state index in [-0.39, 0.29) is 12.6 Å². The van der Waals surface area contributed by atoms with E-state index >= 15 is 0 Å². The van der Waals surface area contributed by atoms with Crippen LogP contribution in [0.15, 0.2) is 12.5 Å². The minimum Gasteiger partial charge on any atom is -0.369 e. The number of nitrogens with one attached hydrogen (secondary N) is 1. The number of halogens is 3. The lowest BCUT2D eigenvalue weighted by Crippen LogP contribution is -2.34. The van der Waals surface area contributed by atoms with Crippen LogP contribution < -0.4 is 5.32 Å². The van der Waals surface area contributed by atoms with Crippen LogP contribution in [0, 0.1) is 0 Å². The van der Waals surface area contributed by atoms with Gasteiger partial charge in [0, 0.05) is 19.6 Å². The first-order valence-corrected chi connectivity index (χ1v) is 5.45. The summed E-state index contributed by atoms with van der Waals surface area (Å²) in [5.74, 6) is 0. The number of rotatable bonds is 3. The summed E-state index contributed by atoms with van der Waals surface area (Å²) in [4.78, 5) is 3.89. The second-order valence-electron chi connectivity index (χ2n) is 3.94. The van der Waals surface area contributed by atoms with Crippen molar-refractivity contribution in [2.75, 3.05) is 19.7 Å². The summed E-state index contributed by atoms with van der Waals surface area (Å²) in [6, 6.07) is 0. The van der Waals surface area contributed by atoms with Gasteiger partial charge in [0.05, 0.1) is 31.2 Å². The van der Waals surface area contributed by atoms with E-state index in [0.29, 0.717) is 18.8 Å². The molecular weight excluding hydrogens is 235 g/mol. The first-order valence-electron chi connectivity index (χ1n) is 5.45. The van der Waals surface area contributed by atoms with E-state index in [0.717, 1.165) is 6.54 Å². The van der Waals surface area contributed by atoms with Gasteiger partial charge in [0.25, 0.3) is 0 Å². The lowest BCUT2D eigenvalue weighted by atomic mass is 10.2. The molecule has 1 N–H and O–H groups in total. The standard InChI is InChI=1S/C10H14F3N3O/c11-10(12,13)1-3-16-7-15-5-8(16)9-6-14-2-4-17-9/h5,7,9,14H,1-4,6H2. The summed E-state index contributed by atoms with van der Waals surface area (Å²) in [7, 11) is 0. The molecule has 1 saturated heterocycles. The van der Waals surface area contributed by atoms with E-state index in [1.807, 2.05) is 0 Å². The van der Waals surface area contributed by atoms with Crippen LogP contribution in [-0.2, 0) is 11.3 Å². The number of imidazole rings is 1. The summed E-state index contributed by atoms with van der Waals surface area (Å²) in [5, 5.41) is 3.13. The highest BCUT2D eigenvalue weighted by atomic mass is 19.4. The average molecular weight is 249 g/mol. The highest BCUT2D eigenvalue weighted by molar-refractivity contribution is 5.04. The molecule has 1 atom stereocenters. The van der Waals surface area contributed by atoms with Crippen molar-refractivity contribution in [1.29, 1.82) is 0 Å². The fourth-order valence-electron chi connectivity index (χ4n) is 1.79. The lowest BCUT2D eigenvalue weighted by molar-refractivity contribution is -0.137. The molecule has 17 heavy (non-hydrogen) atoms. The highest BCUT2D eigenvalue weighted by Crippen LogP contribution is 2.23. The van der Waals surface area contributed by atoms with Crippen molar-refractivity contribution < 1.29 is 17.9 Å². The fraction of sp³-hybridized carbons (Fsp3) is 0.700. The first-order chi connectivity index (χ1) is 8.06. The van der Waals surface area contributed by atoms with Gasteiger partial charge in [0.1, 0.15) is 6.10 Å². The summed E-state index contributed by atoms with van der Waals surface area (Å²) in [5.41, 5.74) is 0.696. The molecule has 0 saturated carbocycles. The number of hydrogen-bond acceptors (Lipinski definition) is 3. The fourth-order valence-corrected chi connectivity index (χ4v) is 1.79. The third kappa shape index (κ3) is 3.44. The maximum absolute atomic E-state index is 12.1. The molecule has 0 bridgehead atoms. The zero-order valence-electron chi connectivity index (χ0n) is 9.20. The van der Waals surface area contributed by atoms with Crippen molar-refractivity contribution >= 4 is 0 Å². The summed E-state index contributed by atoms with van der Waals surface area (Å²) >= 11 is 0. The molecule has 0 spiro atoms. The minimum atomic E-state index is -4.15. The first kappa shape index (κ1) is 12.4. The zero-order chi connectivity index (χ0) is 12.3. The number of nitrogens with zero attached hydrogens (tertiary/aromatic N) is 2. The topological polar surface area (TPSA) is 39.1 Å². The molecule has 2 heterocycles. The highest BCUT2D eigenvalue weighted by Gasteiger charge is 2.28. The number of morpholine rings is 1. The van der Waals surface area contributed by atoms with Crippen LogP contribution in [0.25, 0.3) is 0 Å². The van der Waals surface area contributed by atoms with Crippen molar-refractivity contribution in [1.82, 2.24) is 14.9 Å². The van der Waals surface area contributed by atoms with Gasteiger partial charge in [-0.05, 0) is 0 Å². The SMILES string of the molecule is FC(F)(F)CCn1cncc1C1CNCCO1. The molecule has 0 aliphatic carbocycles. The Morgan fingerprint density at radius 2 is 2.35 bits per heavy atom. The Kier molecular flexibility index (Phi) is 3.68. The Morgan fingerprint density at radius 1 is 1.53 bits per heavy atom. The largest absolute Gasteiger partial charge is 0.390 e. The molecule has 1 aliphatic rings. The molecule has 0 aromatic carbocycles. The van der Waals surface area contributed by atoms with E-state index < -0.39 is 12.6 Å². The van der Waals surface area contributed by atoms with Crippen LogP contribution in [-0.4, -0.2) is 35.4 Å². The van der Waals surface area contributed by atoms with Crippen molar-refractivity contribution in [3.05, 3.63) is 18.2 Å². The van der Waals surface area contributed by atoms with Crippen LogP contribution in [0.1, 0.15) is 18.2 Å². The summed E-state index contributed by atoms with van der Waals surface area (Å²) in [6.45, 7) is 1.83. The van der Waals surface area contributed by atoms with Gasteiger partial charge in [-0.3, -0.25) is 0 Å².